The van der Waals surface area contributed by atoms with Crippen LogP contribution >= 0.6 is 0 Å². The Balaban J connectivity index is 2.89. The van der Waals surface area contributed by atoms with Gasteiger partial charge in [-0.25, -0.2) is 13.8 Å². The molecule has 0 saturated heterocycles. The molecule has 62 valence electrons. The van der Waals surface area contributed by atoms with Crippen molar-refractivity contribution in [2.24, 2.45) is 0 Å². The maximum Gasteiger partial charge on any atom is 0.184 e. The Morgan fingerprint density at radius 3 is 2.83 bits per heavy atom. The minimum atomic E-state index is -0.867. The van der Waals surface area contributed by atoms with E-state index < -0.39 is 11.6 Å². The first-order chi connectivity index (χ1) is 5.68. The van der Waals surface area contributed by atoms with Gasteiger partial charge < -0.3 is 4.98 Å². The lowest BCUT2D eigenvalue weighted by molar-refractivity contribution is 0.515. The molecule has 12 heavy (non-hydrogen) atoms. The van der Waals surface area contributed by atoms with Crippen LogP contribution in [0.15, 0.2) is 12.1 Å². The third kappa shape index (κ3) is 0.879. The van der Waals surface area contributed by atoms with Gasteiger partial charge in [-0.3, -0.25) is 0 Å². The highest BCUT2D eigenvalue weighted by Gasteiger charge is 2.09. The molecule has 2 nitrogen and oxygen atoms in total. The minimum absolute atomic E-state index is 0.132. The monoisotopic (exact) mass is 168 g/mol. The number of hydrogen-bond donors (Lipinski definition) is 1. The van der Waals surface area contributed by atoms with E-state index >= 15 is 0 Å². The molecule has 2 aromatic rings. The lowest BCUT2D eigenvalue weighted by Gasteiger charge is -1.91. The standard InChI is InChI=1S/C8H6F2N2/c1-4-11-6-3-2-5(9)7(10)8(6)12-4/h2-3H,1H3,(H,11,12). The summed E-state index contributed by atoms with van der Waals surface area (Å²) >= 11 is 0. The molecule has 0 spiro atoms. The van der Waals surface area contributed by atoms with Crippen molar-refractivity contribution in [3.8, 4) is 0 Å². The Morgan fingerprint density at radius 1 is 1.33 bits per heavy atom. The van der Waals surface area contributed by atoms with Crippen LogP contribution in [0.25, 0.3) is 11.0 Å². The molecule has 0 aliphatic rings. The number of imidazole rings is 1. The van der Waals surface area contributed by atoms with Gasteiger partial charge in [-0.05, 0) is 19.1 Å². The molecular formula is C8H6F2N2. The summed E-state index contributed by atoms with van der Waals surface area (Å²) in [5.41, 5.74) is 0.582. The zero-order valence-electron chi connectivity index (χ0n) is 6.36. The van der Waals surface area contributed by atoms with Gasteiger partial charge in [0.2, 0.25) is 0 Å². The van der Waals surface area contributed by atoms with Crippen molar-refractivity contribution < 1.29 is 8.78 Å². The summed E-state index contributed by atoms with van der Waals surface area (Å²) in [5.74, 6) is -1.14. The number of aryl methyl sites for hydroxylation is 1. The highest BCUT2D eigenvalue weighted by molar-refractivity contribution is 5.75. The number of aromatic amines is 1. The topological polar surface area (TPSA) is 28.7 Å². The van der Waals surface area contributed by atoms with Crippen molar-refractivity contribution in [2.75, 3.05) is 0 Å². The fourth-order valence-electron chi connectivity index (χ4n) is 1.14. The number of aromatic nitrogens is 2. The van der Waals surface area contributed by atoms with E-state index in [1.807, 2.05) is 0 Å². The van der Waals surface area contributed by atoms with E-state index in [9.17, 15) is 8.78 Å². The predicted molar refractivity (Wildman–Crippen MR) is 40.7 cm³/mol. The second kappa shape index (κ2) is 2.27. The van der Waals surface area contributed by atoms with E-state index in [2.05, 4.69) is 9.97 Å². The van der Waals surface area contributed by atoms with Gasteiger partial charge in [-0.2, -0.15) is 0 Å². The fourth-order valence-corrected chi connectivity index (χ4v) is 1.14. The van der Waals surface area contributed by atoms with Crippen LogP contribution in [0.1, 0.15) is 5.82 Å². The number of rotatable bonds is 0. The first kappa shape index (κ1) is 7.21. The SMILES string of the molecule is Cc1nc2ccc(F)c(F)c2[nH]1. The molecule has 1 N–H and O–H groups in total. The summed E-state index contributed by atoms with van der Waals surface area (Å²) in [5, 5.41) is 0. The molecule has 0 amide bonds. The summed E-state index contributed by atoms with van der Waals surface area (Å²) in [6.07, 6.45) is 0. The largest absolute Gasteiger partial charge is 0.340 e. The van der Waals surface area contributed by atoms with Gasteiger partial charge in [-0.15, -0.1) is 0 Å². The van der Waals surface area contributed by atoms with Gasteiger partial charge in [0.15, 0.2) is 11.6 Å². The zero-order valence-corrected chi connectivity index (χ0v) is 6.36. The van der Waals surface area contributed by atoms with Crippen molar-refractivity contribution in [3.63, 3.8) is 0 Å². The van der Waals surface area contributed by atoms with E-state index in [0.29, 0.717) is 11.3 Å². The average Bonchev–Trinajstić information content (AvgIpc) is 2.39. The Morgan fingerprint density at radius 2 is 2.08 bits per heavy atom. The molecule has 2 rings (SSSR count). The first-order valence-corrected chi connectivity index (χ1v) is 3.49. The molecule has 0 unspecified atom stereocenters. The Labute approximate surface area is 67.2 Å². The van der Waals surface area contributed by atoms with Gasteiger partial charge in [0.25, 0.3) is 0 Å². The number of halogens is 2. The summed E-state index contributed by atoms with van der Waals surface area (Å²) in [6.45, 7) is 1.69. The number of hydrogen-bond acceptors (Lipinski definition) is 1. The smallest absolute Gasteiger partial charge is 0.184 e. The van der Waals surface area contributed by atoms with Crippen LogP contribution in [-0.2, 0) is 0 Å². The molecule has 1 aromatic carbocycles. The van der Waals surface area contributed by atoms with Crippen LogP contribution < -0.4 is 0 Å². The van der Waals surface area contributed by atoms with Crippen LogP contribution in [0.3, 0.4) is 0 Å². The Bertz CT molecular complexity index is 434. The van der Waals surface area contributed by atoms with Gasteiger partial charge in [0.05, 0.1) is 5.52 Å². The molecule has 0 bridgehead atoms. The van der Waals surface area contributed by atoms with Crippen LogP contribution in [0, 0.1) is 18.6 Å². The molecule has 0 aliphatic heterocycles. The number of fused-ring (bicyclic) bond motifs is 1. The van der Waals surface area contributed by atoms with Gasteiger partial charge in [0.1, 0.15) is 11.3 Å². The molecule has 1 heterocycles. The zero-order chi connectivity index (χ0) is 8.72. The highest BCUT2D eigenvalue weighted by atomic mass is 19.2. The lowest BCUT2D eigenvalue weighted by Crippen LogP contribution is -1.84. The average molecular weight is 168 g/mol. The fraction of sp³-hybridized carbons (Fsp3) is 0.125. The Kier molecular flexibility index (Phi) is 1.36. The molecule has 1 aromatic heterocycles. The van der Waals surface area contributed by atoms with E-state index in [4.69, 9.17) is 0 Å². The number of benzene rings is 1. The summed E-state index contributed by atoms with van der Waals surface area (Å²) < 4.78 is 25.6. The van der Waals surface area contributed by atoms with Crippen LogP contribution in [0.5, 0.6) is 0 Å². The highest BCUT2D eigenvalue weighted by Crippen LogP contribution is 2.17. The van der Waals surface area contributed by atoms with E-state index in [0.717, 1.165) is 6.07 Å². The van der Waals surface area contributed by atoms with Gasteiger partial charge in [0, 0.05) is 0 Å². The van der Waals surface area contributed by atoms with Gasteiger partial charge in [-0.1, -0.05) is 0 Å². The Hall–Kier alpha value is -1.45. The van der Waals surface area contributed by atoms with Crippen LogP contribution in [0.2, 0.25) is 0 Å². The normalized spacial score (nSPS) is 10.9. The molecule has 0 saturated carbocycles. The van der Waals surface area contributed by atoms with Crippen molar-refractivity contribution in [3.05, 3.63) is 29.6 Å². The third-order valence-corrected chi connectivity index (χ3v) is 1.67. The lowest BCUT2D eigenvalue weighted by atomic mass is 10.3. The number of H-pyrrole nitrogens is 1. The number of nitrogens with one attached hydrogen (secondary N) is 1. The van der Waals surface area contributed by atoms with E-state index in [-0.39, 0.29) is 5.52 Å². The first-order valence-electron chi connectivity index (χ1n) is 3.49. The second-order valence-electron chi connectivity index (χ2n) is 2.58. The second-order valence-corrected chi connectivity index (χ2v) is 2.58. The molecule has 0 fully saturated rings. The van der Waals surface area contributed by atoms with Crippen molar-refractivity contribution >= 4 is 11.0 Å². The number of nitrogens with zero attached hydrogens (tertiary/aromatic N) is 1. The van der Waals surface area contributed by atoms with Crippen LogP contribution in [-0.4, -0.2) is 9.97 Å². The van der Waals surface area contributed by atoms with Crippen molar-refractivity contribution in [1.29, 1.82) is 0 Å². The molecule has 4 heteroatoms. The molecule has 0 radical (unpaired) electrons. The molecule has 0 atom stereocenters. The molecule has 0 aliphatic carbocycles. The summed E-state index contributed by atoms with van der Waals surface area (Å²) in [6, 6.07) is 2.51. The predicted octanol–water partition coefficient (Wildman–Crippen LogP) is 2.15. The quantitative estimate of drug-likeness (QED) is 0.641. The maximum absolute atomic E-state index is 13.0. The van der Waals surface area contributed by atoms with Gasteiger partial charge >= 0.3 is 0 Å². The van der Waals surface area contributed by atoms with Crippen molar-refractivity contribution in [1.82, 2.24) is 9.97 Å². The van der Waals surface area contributed by atoms with E-state index in [1.165, 1.54) is 6.07 Å². The summed E-state index contributed by atoms with van der Waals surface area (Å²) in [4.78, 5) is 6.59. The third-order valence-electron chi connectivity index (χ3n) is 1.67. The maximum atomic E-state index is 13.0. The summed E-state index contributed by atoms with van der Waals surface area (Å²) in [7, 11) is 0. The minimum Gasteiger partial charge on any atom is -0.340 e. The van der Waals surface area contributed by atoms with Crippen LogP contribution in [0.4, 0.5) is 8.78 Å². The van der Waals surface area contributed by atoms with Crippen molar-refractivity contribution in [2.45, 2.75) is 6.92 Å². The van der Waals surface area contributed by atoms with E-state index in [1.54, 1.807) is 6.92 Å². The molecular weight excluding hydrogens is 162 g/mol.